The topological polar surface area (TPSA) is 107 Å². The Kier molecular flexibility index (Phi) is 3.31. The quantitative estimate of drug-likeness (QED) is 0.705. The van der Waals surface area contributed by atoms with Crippen LogP contribution in [0, 0.1) is 0 Å². The molecule has 1 amide bonds. The Morgan fingerprint density at radius 3 is 2.53 bits per heavy atom. The van der Waals surface area contributed by atoms with Crippen LogP contribution in [-0.2, 0) is 0 Å². The number of anilines is 2. The van der Waals surface area contributed by atoms with Gasteiger partial charge in [-0.15, -0.1) is 0 Å². The van der Waals surface area contributed by atoms with Gasteiger partial charge in [0.25, 0.3) is 5.91 Å². The van der Waals surface area contributed by atoms with Crippen molar-refractivity contribution in [2.45, 2.75) is 19.9 Å². The molecule has 0 aliphatic heterocycles. The first-order chi connectivity index (χ1) is 6.91. The number of aromatic nitrogens is 2. The van der Waals surface area contributed by atoms with Crippen molar-refractivity contribution in [1.82, 2.24) is 9.97 Å². The lowest BCUT2D eigenvalue weighted by atomic mass is 10.3. The zero-order valence-corrected chi connectivity index (χ0v) is 9.17. The highest BCUT2D eigenvalue weighted by atomic mass is 35.5. The maximum atomic E-state index is 10.9. The van der Waals surface area contributed by atoms with Crippen LogP contribution in [0.25, 0.3) is 0 Å². The van der Waals surface area contributed by atoms with Gasteiger partial charge in [0.1, 0.15) is 0 Å². The minimum absolute atomic E-state index is 0.0324. The zero-order valence-electron chi connectivity index (χ0n) is 8.41. The molecule has 15 heavy (non-hydrogen) atoms. The average Bonchev–Trinajstić information content (AvgIpc) is 2.09. The Bertz CT molecular complexity index is 393. The lowest BCUT2D eigenvalue weighted by Crippen LogP contribution is -2.19. The molecule has 0 radical (unpaired) electrons. The summed E-state index contributed by atoms with van der Waals surface area (Å²) in [4.78, 5) is 18.5. The molecule has 1 rings (SSSR count). The molecule has 1 aromatic heterocycles. The number of primary amides is 1. The number of hydrogen-bond donors (Lipinski definition) is 3. The number of nitrogens with zero attached hydrogens (tertiary/aromatic N) is 2. The monoisotopic (exact) mass is 229 g/mol. The average molecular weight is 230 g/mol. The zero-order chi connectivity index (χ0) is 11.6. The van der Waals surface area contributed by atoms with Crippen LogP contribution in [0.1, 0.15) is 24.3 Å². The predicted molar refractivity (Wildman–Crippen MR) is 58.7 cm³/mol. The molecule has 82 valence electrons. The number of carbonyl (C=O) groups is 1. The van der Waals surface area contributed by atoms with E-state index in [4.69, 9.17) is 23.1 Å². The van der Waals surface area contributed by atoms with Crippen molar-refractivity contribution >= 4 is 29.1 Å². The summed E-state index contributed by atoms with van der Waals surface area (Å²) in [5, 5.41) is 3.02. The van der Waals surface area contributed by atoms with Gasteiger partial charge in [0, 0.05) is 6.04 Å². The molecule has 0 aliphatic carbocycles. The molecule has 5 N–H and O–H groups in total. The van der Waals surface area contributed by atoms with E-state index < -0.39 is 5.91 Å². The highest BCUT2D eigenvalue weighted by Crippen LogP contribution is 2.20. The van der Waals surface area contributed by atoms with Gasteiger partial charge in [0.15, 0.2) is 22.5 Å². The van der Waals surface area contributed by atoms with Crippen molar-refractivity contribution in [1.29, 1.82) is 0 Å². The number of hydrogen-bond acceptors (Lipinski definition) is 5. The summed E-state index contributed by atoms with van der Waals surface area (Å²) in [6, 6.07) is 0.135. The molecular weight excluding hydrogens is 218 g/mol. The van der Waals surface area contributed by atoms with Gasteiger partial charge >= 0.3 is 0 Å². The van der Waals surface area contributed by atoms with Crippen molar-refractivity contribution in [3.8, 4) is 0 Å². The summed E-state index contributed by atoms with van der Waals surface area (Å²) in [6.45, 7) is 3.83. The van der Waals surface area contributed by atoms with Gasteiger partial charge in [-0.05, 0) is 13.8 Å². The van der Waals surface area contributed by atoms with Gasteiger partial charge in [-0.1, -0.05) is 11.6 Å². The van der Waals surface area contributed by atoms with E-state index in [0.29, 0.717) is 5.82 Å². The number of halogens is 1. The smallest absolute Gasteiger partial charge is 0.271 e. The molecule has 7 heteroatoms. The van der Waals surface area contributed by atoms with E-state index in [-0.39, 0.29) is 22.7 Å². The first kappa shape index (κ1) is 11.5. The molecule has 1 heterocycles. The van der Waals surface area contributed by atoms with Gasteiger partial charge < -0.3 is 16.8 Å². The van der Waals surface area contributed by atoms with Crippen LogP contribution in [0.3, 0.4) is 0 Å². The third kappa shape index (κ3) is 2.69. The number of carbonyl (C=O) groups excluding carboxylic acids is 1. The molecule has 0 saturated carbocycles. The predicted octanol–water partition coefficient (Wildman–Crippen LogP) is 0.631. The molecule has 0 fully saturated rings. The third-order valence-corrected chi connectivity index (χ3v) is 1.80. The van der Waals surface area contributed by atoms with Crippen LogP contribution in [0.2, 0.25) is 5.15 Å². The van der Waals surface area contributed by atoms with Crippen LogP contribution in [-0.4, -0.2) is 21.9 Å². The molecule has 0 aliphatic rings. The summed E-state index contributed by atoms with van der Waals surface area (Å²) in [7, 11) is 0. The summed E-state index contributed by atoms with van der Waals surface area (Å²) in [6.07, 6.45) is 0. The van der Waals surface area contributed by atoms with Gasteiger partial charge in [0.05, 0.1) is 0 Å². The van der Waals surface area contributed by atoms with E-state index in [0.717, 1.165) is 0 Å². The molecule has 1 aromatic rings. The lowest BCUT2D eigenvalue weighted by Gasteiger charge is -2.11. The summed E-state index contributed by atoms with van der Waals surface area (Å²) >= 11 is 5.79. The Labute approximate surface area is 92.0 Å². The number of amides is 1. The molecule has 0 aromatic carbocycles. The minimum atomic E-state index is -0.752. The summed E-state index contributed by atoms with van der Waals surface area (Å²) in [5.41, 5.74) is 10.4. The number of rotatable bonds is 3. The fourth-order valence-corrected chi connectivity index (χ4v) is 1.16. The van der Waals surface area contributed by atoms with E-state index in [1.807, 2.05) is 13.8 Å². The fraction of sp³-hybridized carbons (Fsp3) is 0.375. The number of nitrogen functional groups attached to an aromatic ring is 1. The van der Waals surface area contributed by atoms with Crippen molar-refractivity contribution in [3.05, 3.63) is 10.8 Å². The maximum absolute atomic E-state index is 10.9. The van der Waals surface area contributed by atoms with Crippen molar-refractivity contribution in [2.75, 3.05) is 11.1 Å². The van der Waals surface area contributed by atoms with Crippen LogP contribution in [0.4, 0.5) is 11.6 Å². The molecule has 0 saturated heterocycles. The molecule has 0 atom stereocenters. The van der Waals surface area contributed by atoms with Crippen LogP contribution in [0.5, 0.6) is 0 Å². The lowest BCUT2D eigenvalue weighted by molar-refractivity contribution is 0.0996. The van der Waals surface area contributed by atoms with Crippen LogP contribution in [0.15, 0.2) is 0 Å². The number of nitrogens with two attached hydrogens (primary N) is 2. The minimum Gasteiger partial charge on any atom is -0.382 e. The Balaban J connectivity index is 3.13. The molecular formula is C8H12ClN5O. The van der Waals surface area contributed by atoms with E-state index >= 15 is 0 Å². The van der Waals surface area contributed by atoms with Crippen LogP contribution >= 0.6 is 11.6 Å². The molecule has 6 nitrogen and oxygen atoms in total. The Morgan fingerprint density at radius 2 is 2.07 bits per heavy atom. The van der Waals surface area contributed by atoms with E-state index in [2.05, 4.69) is 15.3 Å². The van der Waals surface area contributed by atoms with Crippen molar-refractivity contribution < 1.29 is 4.79 Å². The van der Waals surface area contributed by atoms with Gasteiger partial charge in [-0.25, -0.2) is 9.97 Å². The first-order valence-corrected chi connectivity index (χ1v) is 4.69. The third-order valence-electron chi connectivity index (χ3n) is 1.54. The number of nitrogens with one attached hydrogen (secondary N) is 1. The van der Waals surface area contributed by atoms with Gasteiger partial charge in [0.2, 0.25) is 0 Å². The SMILES string of the molecule is CC(C)Nc1nc(N)c(C(N)=O)nc1Cl. The first-order valence-electron chi connectivity index (χ1n) is 4.31. The van der Waals surface area contributed by atoms with Gasteiger partial charge in [-0.3, -0.25) is 4.79 Å². The molecule has 0 unspecified atom stereocenters. The fourth-order valence-electron chi connectivity index (χ4n) is 0.975. The maximum Gasteiger partial charge on any atom is 0.271 e. The second kappa shape index (κ2) is 4.31. The van der Waals surface area contributed by atoms with E-state index in [9.17, 15) is 4.79 Å². The van der Waals surface area contributed by atoms with E-state index in [1.165, 1.54) is 0 Å². The molecule has 0 bridgehead atoms. The molecule has 0 spiro atoms. The largest absolute Gasteiger partial charge is 0.382 e. The standard InChI is InChI=1S/C8H12ClN5O/c1-3(2)12-8-5(9)13-4(7(11)15)6(10)14-8/h3H,1-2H3,(H2,11,15)(H3,10,12,14). The summed E-state index contributed by atoms with van der Waals surface area (Å²) < 4.78 is 0. The van der Waals surface area contributed by atoms with Gasteiger partial charge in [-0.2, -0.15) is 0 Å². The second-order valence-corrected chi connectivity index (χ2v) is 3.62. The normalized spacial score (nSPS) is 10.4. The van der Waals surface area contributed by atoms with Crippen molar-refractivity contribution in [2.24, 2.45) is 5.73 Å². The second-order valence-electron chi connectivity index (χ2n) is 3.26. The van der Waals surface area contributed by atoms with E-state index in [1.54, 1.807) is 0 Å². The Hall–Kier alpha value is -1.56. The van der Waals surface area contributed by atoms with Crippen LogP contribution < -0.4 is 16.8 Å². The Morgan fingerprint density at radius 1 is 1.47 bits per heavy atom. The highest BCUT2D eigenvalue weighted by molar-refractivity contribution is 6.32. The summed E-state index contributed by atoms with van der Waals surface area (Å²) in [5.74, 6) is -0.442. The van der Waals surface area contributed by atoms with Crippen molar-refractivity contribution in [3.63, 3.8) is 0 Å². The highest BCUT2D eigenvalue weighted by Gasteiger charge is 2.14.